The summed E-state index contributed by atoms with van der Waals surface area (Å²) in [5.74, 6) is 0. The van der Waals surface area contributed by atoms with Crippen molar-refractivity contribution in [2.24, 2.45) is 0 Å². The predicted molar refractivity (Wildman–Crippen MR) is 117 cm³/mol. The standard InChI is InChI=1S/C22H17IO3S/c24-27(25,22-17-9-11-18-10-7-8-16-21(18)22)26-23(19-12-3-1-4-13-19)20-14-5-2-6-15-20/h1-17H. The molecule has 0 saturated carbocycles. The van der Waals surface area contributed by atoms with Gasteiger partial charge in [-0.15, -0.1) is 0 Å². The SMILES string of the molecule is O=S(=O)(OI(c1ccccc1)c1ccccc1)c1cccc2ccccc12. The summed E-state index contributed by atoms with van der Waals surface area (Å²) in [5.41, 5.74) is 0. The Kier molecular flexibility index (Phi) is 5.24. The fraction of sp³-hybridized carbons (Fsp3) is 0. The molecule has 4 rings (SSSR count). The van der Waals surface area contributed by atoms with E-state index < -0.39 is 30.4 Å². The zero-order valence-corrected chi connectivity index (χ0v) is 17.3. The maximum absolute atomic E-state index is 13.2. The van der Waals surface area contributed by atoms with E-state index >= 15 is 0 Å². The minimum atomic E-state index is -3.91. The number of rotatable bonds is 5. The van der Waals surface area contributed by atoms with E-state index in [1.54, 1.807) is 12.1 Å². The summed E-state index contributed by atoms with van der Waals surface area (Å²) < 4.78 is 34.3. The van der Waals surface area contributed by atoms with Crippen LogP contribution >= 0.6 is 20.2 Å². The Balaban J connectivity index is 1.81. The number of benzene rings is 4. The summed E-state index contributed by atoms with van der Waals surface area (Å²) in [7, 11) is -3.91. The third-order valence-corrected chi connectivity index (χ3v) is 11.4. The maximum atomic E-state index is 13.2. The van der Waals surface area contributed by atoms with Gasteiger partial charge in [0.25, 0.3) is 0 Å². The Hall–Kier alpha value is -2.22. The molecule has 0 fully saturated rings. The van der Waals surface area contributed by atoms with Crippen LogP contribution in [0.3, 0.4) is 0 Å². The van der Waals surface area contributed by atoms with Crippen LogP contribution < -0.4 is 0 Å². The molecule has 3 nitrogen and oxygen atoms in total. The van der Waals surface area contributed by atoms with Gasteiger partial charge >= 0.3 is 167 Å². The number of fused-ring (bicyclic) bond motifs is 1. The van der Waals surface area contributed by atoms with E-state index in [2.05, 4.69) is 0 Å². The molecule has 0 aliphatic heterocycles. The first kappa shape index (κ1) is 18.2. The van der Waals surface area contributed by atoms with Crippen LogP contribution in [0.1, 0.15) is 0 Å². The average molecular weight is 488 g/mol. The molecule has 0 saturated heterocycles. The summed E-state index contributed by atoms with van der Waals surface area (Å²) in [6.07, 6.45) is 0. The second-order valence-electron chi connectivity index (χ2n) is 5.83. The van der Waals surface area contributed by atoms with E-state index in [-0.39, 0.29) is 4.90 Å². The molecule has 0 aliphatic carbocycles. The fourth-order valence-corrected chi connectivity index (χ4v) is 9.97. The molecule has 0 heterocycles. The summed E-state index contributed by atoms with van der Waals surface area (Å²) in [6.45, 7) is 0. The molecule has 0 aliphatic rings. The molecule has 0 atom stereocenters. The summed E-state index contributed by atoms with van der Waals surface area (Å²) in [4.78, 5) is 0.217. The van der Waals surface area contributed by atoms with Gasteiger partial charge in [0.1, 0.15) is 0 Å². The van der Waals surface area contributed by atoms with E-state index in [4.69, 9.17) is 2.51 Å². The topological polar surface area (TPSA) is 43.4 Å². The van der Waals surface area contributed by atoms with Crippen molar-refractivity contribution in [2.75, 3.05) is 0 Å². The Bertz CT molecular complexity index is 1120. The van der Waals surface area contributed by atoms with Crippen LogP contribution in [0.15, 0.2) is 108 Å². The van der Waals surface area contributed by atoms with Crippen LogP contribution in [0.25, 0.3) is 10.8 Å². The van der Waals surface area contributed by atoms with Crippen molar-refractivity contribution in [1.29, 1.82) is 0 Å². The van der Waals surface area contributed by atoms with Crippen molar-refractivity contribution in [3.63, 3.8) is 0 Å². The van der Waals surface area contributed by atoms with Gasteiger partial charge in [0.2, 0.25) is 0 Å². The first-order valence-electron chi connectivity index (χ1n) is 8.38. The summed E-state index contributed by atoms with van der Waals surface area (Å²) in [5, 5.41) is 1.55. The second kappa shape index (κ2) is 7.80. The van der Waals surface area contributed by atoms with E-state index in [9.17, 15) is 8.42 Å². The van der Waals surface area contributed by atoms with Gasteiger partial charge in [-0.1, -0.05) is 0 Å². The molecule has 136 valence electrons. The molecule has 0 radical (unpaired) electrons. The Morgan fingerprint density at radius 1 is 0.593 bits per heavy atom. The molecule has 4 aromatic carbocycles. The first-order chi connectivity index (χ1) is 13.1. The average Bonchev–Trinajstić information content (AvgIpc) is 2.73. The molecule has 0 unspecified atom stereocenters. The number of hydrogen-bond acceptors (Lipinski definition) is 3. The van der Waals surface area contributed by atoms with Crippen molar-refractivity contribution < 1.29 is 10.9 Å². The predicted octanol–water partition coefficient (Wildman–Crippen LogP) is 5.71. The minimum absolute atomic E-state index is 0.217. The van der Waals surface area contributed by atoms with Crippen molar-refractivity contribution in [3.8, 4) is 0 Å². The van der Waals surface area contributed by atoms with Gasteiger partial charge in [-0.2, -0.15) is 0 Å². The van der Waals surface area contributed by atoms with Gasteiger partial charge in [0.05, 0.1) is 0 Å². The van der Waals surface area contributed by atoms with Crippen molar-refractivity contribution in [3.05, 3.63) is 110 Å². The zero-order valence-electron chi connectivity index (χ0n) is 14.3. The molecule has 5 heteroatoms. The number of halogens is 1. The van der Waals surface area contributed by atoms with Crippen molar-refractivity contribution >= 4 is 41.1 Å². The van der Waals surface area contributed by atoms with Gasteiger partial charge in [-0.05, 0) is 0 Å². The summed E-state index contributed by atoms with van der Waals surface area (Å²) >= 11 is -2.63. The van der Waals surface area contributed by atoms with Crippen LogP contribution in [0.4, 0.5) is 0 Å². The Morgan fingerprint density at radius 3 is 1.74 bits per heavy atom. The molecule has 4 aromatic rings. The molecule has 27 heavy (non-hydrogen) atoms. The van der Waals surface area contributed by atoms with E-state index in [1.807, 2.05) is 91.0 Å². The van der Waals surface area contributed by atoms with E-state index in [0.29, 0.717) is 5.39 Å². The van der Waals surface area contributed by atoms with E-state index in [1.165, 1.54) is 0 Å². The van der Waals surface area contributed by atoms with Crippen LogP contribution in [0.2, 0.25) is 0 Å². The monoisotopic (exact) mass is 488 g/mol. The Morgan fingerprint density at radius 2 is 1.11 bits per heavy atom. The normalized spacial score (nSPS) is 12.1. The second-order valence-corrected chi connectivity index (χ2v) is 12.3. The van der Waals surface area contributed by atoms with Crippen LogP contribution in [0.5, 0.6) is 0 Å². The third-order valence-electron chi connectivity index (χ3n) is 4.03. The fourth-order valence-electron chi connectivity index (χ4n) is 2.79. The van der Waals surface area contributed by atoms with Crippen LogP contribution in [-0.2, 0) is 12.6 Å². The number of hydrogen-bond donors (Lipinski definition) is 0. The quantitative estimate of drug-likeness (QED) is 0.339. The molecule has 0 bridgehead atoms. The van der Waals surface area contributed by atoms with Crippen molar-refractivity contribution in [1.82, 2.24) is 0 Å². The van der Waals surface area contributed by atoms with Gasteiger partial charge in [-0.3, -0.25) is 0 Å². The van der Waals surface area contributed by atoms with Crippen LogP contribution in [-0.4, -0.2) is 8.42 Å². The summed E-state index contributed by atoms with van der Waals surface area (Å²) in [6, 6.07) is 32.0. The van der Waals surface area contributed by atoms with Gasteiger partial charge < -0.3 is 0 Å². The van der Waals surface area contributed by atoms with Crippen LogP contribution in [0, 0.1) is 7.14 Å². The van der Waals surface area contributed by atoms with Gasteiger partial charge in [0, 0.05) is 0 Å². The third kappa shape index (κ3) is 3.90. The molecule has 0 spiro atoms. The first-order valence-corrected chi connectivity index (χ1v) is 12.8. The molecule has 0 amide bonds. The van der Waals surface area contributed by atoms with Gasteiger partial charge in [-0.25, -0.2) is 0 Å². The van der Waals surface area contributed by atoms with Gasteiger partial charge in [0.15, 0.2) is 0 Å². The molecular weight excluding hydrogens is 471 g/mol. The molecule has 0 N–H and O–H groups in total. The van der Waals surface area contributed by atoms with Crippen molar-refractivity contribution in [2.45, 2.75) is 4.90 Å². The van der Waals surface area contributed by atoms with E-state index in [0.717, 1.165) is 12.5 Å². The Labute approximate surface area is 166 Å². The molecular formula is C22H17IO3S. The zero-order chi connectivity index (χ0) is 18.7. The molecule has 0 aromatic heterocycles.